The fourth-order valence-corrected chi connectivity index (χ4v) is 4.14. The van der Waals surface area contributed by atoms with E-state index in [1.54, 1.807) is 18.5 Å². The number of nitrogens with one attached hydrogen (secondary N) is 1. The third kappa shape index (κ3) is 3.78. The highest BCUT2D eigenvalue weighted by molar-refractivity contribution is 6.11. The molecule has 1 aromatic carbocycles. The molecule has 4 aromatic rings. The monoisotopic (exact) mass is 433 g/mol. The molecule has 0 amide bonds. The minimum absolute atomic E-state index is 0.239. The van der Waals surface area contributed by atoms with Crippen LogP contribution in [-0.4, -0.2) is 43.7 Å². The summed E-state index contributed by atoms with van der Waals surface area (Å²) in [5.74, 6) is 0.319. The van der Waals surface area contributed by atoms with Crippen LogP contribution in [0.3, 0.4) is 0 Å². The molecule has 0 saturated heterocycles. The number of alkyl halides is 1. The molecule has 4 atom stereocenters. The maximum Gasteiger partial charge on any atom is 0.199 e. The minimum Gasteiger partial charge on any atom is -0.459 e. The molecule has 0 spiro atoms. The van der Waals surface area contributed by atoms with Crippen LogP contribution in [0.5, 0.6) is 0 Å². The molecular weight excluding hydrogens is 411 g/mol. The summed E-state index contributed by atoms with van der Waals surface area (Å²) < 4.78 is 22.1. The van der Waals surface area contributed by atoms with Crippen molar-refractivity contribution < 1.29 is 18.7 Å². The van der Waals surface area contributed by atoms with Gasteiger partial charge in [0.15, 0.2) is 5.78 Å². The number of hydrogen-bond acceptors (Lipinski definition) is 6. The molecule has 0 unspecified atom stereocenters. The molecule has 1 aliphatic carbocycles. The van der Waals surface area contributed by atoms with Crippen molar-refractivity contribution >= 4 is 22.6 Å². The van der Waals surface area contributed by atoms with Gasteiger partial charge >= 0.3 is 0 Å². The van der Waals surface area contributed by atoms with Gasteiger partial charge in [0.1, 0.15) is 29.7 Å². The summed E-state index contributed by atoms with van der Waals surface area (Å²) in [4.78, 5) is 21.2. The van der Waals surface area contributed by atoms with E-state index < -0.39 is 24.2 Å². The van der Waals surface area contributed by atoms with Crippen LogP contribution in [0.25, 0.3) is 11.0 Å². The molecule has 5 rings (SSSR count). The molecule has 32 heavy (non-hydrogen) atoms. The van der Waals surface area contributed by atoms with Crippen molar-refractivity contribution in [1.82, 2.24) is 14.5 Å². The van der Waals surface area contributed by atoms with Gasteiger partial charge in [0.25, 0.3) is 0 Å². The molecule has 163 valence electrons. The fourth-order valence-electron chi connectivity index (χ4n) is 4.14. The van der Waals surface area contributed by atoms with Crippen molar-refractivity contribution in [1.29, 1.82) is 0 Å². The summed E-state index contributed by atoms with van der Waals surface area (Å²) in [6, 6.07) is 10.8. The molecule has 8 heteroatoms. The number of aliphatic hydroxyl groups excluding tert-OH is 1. The number of aromatic nitrogens is 3. The van der Waals surface area contributed by atoms with Gasteiger partial charge < -0.3 is 19.4 Å². The Labute approximate surface area is 183 Å². The first-order valence-electron chi connectivity index (χ1n) is 10.4. The molecule has 0 aliphatic heterocycles. The number of furan rings is 1. The molecular formula is C24H22FN4O3. The molecule has 1 aliphatic rings. The normalized spacial score (nSPS) is 23.0. The predicted molar refractivity (Wildman–Crippen MR) is 117 cm³/mol. The van der Waals surface area contributed by atoms with Gasteiger partial charge in [-0.2, -0.15) is 0 Å². The van der Waals surface area contributed by atoms with E-state index in [0.29, 0.717) is 18.5 Å². The average molecular weight is 433 g/mol. The van der Waals surface area contributed by atoms with E-state index in [-0.39, 0.29) is 17.2 Å². The maximum absolute atomic E-state index is 14.4. The zero-order chi connectivity index (χ0) is 22.2. The van der Waals surface area contributed by atoms with Crippen molar-refractivity contribution in [3.8, 4) is 0 Å². The minimum atomic E-state index is -1.49. The summed E-state index contributed by atoms with van der Waals surface area (Å²) in [7, 11) is 0. The first-order valence-corrected chi connectivity index (χ1v) is 10.4. The summed E-state index contributed by atoms with van der Waals surface area (Å²) in [5.41, 5.74) is 1.51. The van der Waals surface area contributed by atoms with Gasteiger partial charge in [-0.05, 0) is 37.5 Å². The molecule has 3 heterocycles. The number of carbonyl (C=O) groups is 1. The summed E-state index contributed by atoms with van der Waals surface area (Å²) >= 11 is 0. The quantitative estimate of drug-likeness (QED) is 0.451. The van der Waals surface area contributed by atoms with Crippen molar-refractivity contribution in [3.63, 3.8) is 0 Å². The molecule has 0 bridgehead atoms. The van der Waals surface area contributed by atoms with Crippen LogP contribution < -0.4 is 5.32 Å². The first kappa shape index (κ1) is 20.4. The van der Waals surface area contributed by atoms with Gasteiger partial charge in [-0.3, -0.25) is 4.79 Å². The zero-order valence-corrected chi connectivity index (χ0v) is 17.2. The van der Waals surface area contributed by atoms with E-state index in [9.17, 15) is 14.3 Å². The highest BCUT2D eigenvalue weighted by Crippen LogP contribution is 2.31. The highest BCUT2D eigenvalue weighted by Gasteiger charge is 2.41. The first-order chi connectivity index (χ1) is 15.5. The summed E-state index contributed by atoms with van der Waals surface area (Å²) in [6.45, 7) is 4.26. The second-order valence-corrected chi connectivity index (χ2v) is 8.12. The standard InChI is InChI=1S/C24H22FN4O3/c1-14-8-19(21(25)22(14)30)28-24-18(10-26-13-27-24)23(31)16-6-7-29(11-16)12-17-9-15-4-2-3-5-20(15)32-17/h2-7,9-11,13-14,19,21-22,30H,1,8,12H2,(H,26,27,28)/t14-,19-,21-,22-/m1/s1. The second kappa shape index (κ2) is 8.20. The Morgan fingerprint density at radius 2 is 2.19 bits per heavy atom. The largest absolute Gasteiger partial charge is 0.459 e. The Bertz CT molecular complexity index is 1230. The third-order valence-electron chi connectivity index (χ3n) is 5.86. The molecule has 1 fully saturated rings. The van der Waals surface area contributed by atoms with Gasteiger partial charge in [0.05, 0.1) is 24.3 Å². The number of rotatable bonds is 6. The number of para-hydroxylation sites is 1. The van der Waals surface area contributed by atoms with Gasteiger partial charge in [0, 0.05) is 29.5 Å². The lowest BCUT2D eigenvalue weighted by Gasteiger charge is -2.18. The lowest BCUT2D eigenvalue weighted by molar-refractivity contribution is 0.0793. The third-order valence-corrected chi connectivity index (χ3v) is 5.86. The smallest absolute Gasteiger partial charge is 0.199 e. The molecule has 7 nitrogen and oxygen atoms in total. The molecule has 2 N–H and O–H groups in total. The van der Waals surface area contributed by atoms with Gasteiger partial charge in [-0.1, -0.05) is 18.2 Å². The van der Waals surface area contributed by atoms with Gasteiger partial charge in [-0.25, -0.2) is 14.4 Å². The van der Waals surface area contributed by atoms with Crippen molar-refractivity contribution in [3.05, 3.63) is 85.1 Å². The number of carbonyl (C=O) groups excluding carboxylic acids is 1. The molecule has 1 radical (unpaired) electrons. The number of anilines is 1. The van der Waals surface area contributed by atoms with Crippen LogP contribution in [-0.2, 0) is 6.54 Å². The van der Waals surface area contributed by atoms with Crippen LogP contribution in [0.2, 0.25) is 0 Å². The second-order valence-electron chi connectivity index (χ2n) is 8.12. The summed E-state index contributed by atoms with van der Waals surface area (Å²) in [6.07, 6.45) is 3.96. The number of benzene rings is 1. The van der Waals surface area contributed by atoms with E-state index in [2.05, 4.69) is 22.2 Å². The van der Waals surface area contributed by atoms with E-state index in [1.165, 1.54) is 12.5 Å². The van der Waals surface area contributed by atoms with Crippen molar-refractivity contribution in [2.45, 2.75) is 31.3 Å². The van der Waals surface area contributed by atoms with Crippen LogP contribution >= 0.6 is 0 Å². The van der Waals surface area contributed by atoms with Crippen LogP contribution in [0, 0.1) is 12.8 Å². The van der Waals surface area contributed by atoms with Crippen LogP contribution in [0.15, 0.2) is 65.7 Å². The van der Waals surface area contributed by atoms with Crippen molar-refractivity contribution in [2.24, 2.45) is 5.92 Å². The van der Waals surface area contributed by atoms with E-state index in [1.807, 2.05) is 34.9 Å². The number of aliphatic hydroxyl groups is 1. The Kier molecular flexibility index (Phi) is 5.22. The van der Waals surface area contributed by atoms with E-state index in [4.69, 9.17) is 4.42 Å². The Balaban J connectivity index is 1.34. The topological polar surface area (TPSA) is 93.2 Å². The van der Waals surface area contributed by atoms with Gasteiger partial charge in [0.2, 0.25) is 0 Å². The maximum atomic E-state index is 14.4. The number of nitrogens with zero attached hydrogens (tertiary/aromatic N) is 3. The van der Waals surface area contributed by atoms with Crippen molar-refractivity contribution in [2.75, 3.05) is 5.32 Å². The lowest BCUT2D eigenvalue weighted by Crippen LogP contribution is -2.32. The average Bonchev–Trinajstić information content (AvgIpc) is 3.49. The number of halogens is 1. The van der Waals surface area contributed by atoms with E-state index in [0.717, 1.165) is 16.7 Å². The Morgan fingerprint density at radius 1 is 1.34 bits per heavy atom. The SMILES string of the molecule is [CH2][C@@H]1C[C@@H](Nc2ncncc2C(=O)c2ccn(Cc3cc4ccccc4o3)c2)[C@@H](F)[C@@H]1O. The Morgan fingerprint density at radius 3 is 2.97 bits per heavy atom. The Hall–Kier alpha value is -3.52. The molecule has 1 saturated carbocycles. The summed E-state index contributed by atoms with van der Waals surface area (Å²) in [5, 5.41) is 13.8. The number of fused-ring (bicyclic) bond motifs is 1. The zero-order valence-electron chi connectivity index (χ0n) is 17.2. The molecule has 3 aromatic heterocycles. The lowest BCUT2D eigenvalue weighted by atomic mass is 10.1. The van der Waals surface area contributed by atoms with E-state index >= 15 is 0 Å². The highest BCUT2D eigenvalue weighted by atomic mass is 19.1. The number of hydrogen-bond donors (Lipinski definition) is 2. The van der Waals surface area contributed by atoms with Crippen LogP contribution in [0.4, 0.5) is 10.2 Å². The van der Waals surface area contributed by atoms with Crippen LogP contribution in [0.1, 0.15) is 28.1 Å². The fraction of sp³-hybridized carbons (Fsp3) is 0.250. The van der Waals surface area contributed by atoms with Gasteiger partial charge in [-0.15, -0.1) is 0 Å². The predicted octanol–water partition coefficient (Wildman–Crippen LogP) is 3.64. The number of ketones is 1.